The summed E-state index contributed by atoms with van der Waals surface area (Å²) < 4.78 is 10.7. The molecule has 2 rings (SSSR count). The van der Waals surface area contributed by atoms with Gasteiger partial charge in [0.25, 0.3) is 0 Å². The lowest BCUT2D eigenvalue weighted by atomic mass is 10.0. The van der Waals surface area contributed by atoms with Crippen molar-refractivity contribution < 1.29 is 13.9 Å². The van der Waals surface area contributed by atoms with Crippen molar-refractivity contribution in [1.29, 1.82) is 0 Å². The van der Waals surface area contributed by atoms with Gasteiger partial charge in [0.2, 0.25) is 5.91 Å². The van der Waals surface area contributed by atoms with Crippen LogP contribution in [0, 0.1) is 0 Å². The molecule has 0 atom stereocenters. The minimum atomic E-state index is -0.516. The van der Waals surface area contributed by atoms with Crippen LogP contribution in [0.25, 0.3) is 10.9 Å². The third kappa shape index (κ3) is 10.3. The first kappa shape index (κ1) is 25.9. The first-order valence-electron chi connectivity index (χ1n) is 12.5. The van der Waals surface area contributed by atoms with Crippen molar-refractivity contribution in [3.8, 4) is 6.08 Å². The Morgan fingerprint density at radius 2 is 1.47 bits per heavy atom. The van der Waals surface area contributed by atoms with Crippen molar-refractivity contribution in [3.05, 3.63) is 28.6 Å². The van der Waals surface area contributed by atoms with E-state index in [1.807, 2.05) is 0 Å². The quantitative estimate of drug-likeness (QED) is 0.265. The first-order chi connectivity index (χ1) is 15.6. The molecular formula is C26H40N2O4. The largest absolute Gasteiger partial charge is 0.450 e. The van der Waals surface area contributed by atoms with E-state index in [1.165, 1.54) is 84.0 Å². The van der Waals surface area contributed by atoms with E-state index in [4.69, 9.17) is 9.15 Å². The molecule has 32 heavy (non-hydrogen) atoms. The van der Waals surface area contributed by atoms with Crippen LogP contribution in [0.15, 0.2) is 27.4 Å². The second-order valence-corrected chi connectivity index (χ2v) is 8.63. The van der Waals surface area contributed by atoms with Gasteiger partial charge in [0.15, 0.2) is 0 Å². The average molecular weight is 445 g/mol. The predicted octanol–water partition coefficient (Wildman–Crippen LogP) is 7.01. The van der Waals surface area contributed by atoms with Gasteiger partial charge in [-0.1, -0.05) is 90.4 Å². The topological polar surface area (TPSA) is 81.4 Å². The zero-order valence-corrected chi connectivity index (χ0v) is 19.9. The van der Waals surface area contributed by atoms with Crippen LogP contribution < -0.4 is 15.7 Å². The Balaban J connectivity index is 1.54. The maximum Gasteiger partial charge on any atom is 0.397 e. The summed E-state index contributed by atoms with van der Waals surface area (Å²) in [5, 5.41) is 2.96. The molecule has 0 radical (unpaired) electrons. The van der Waals surface area contributed by atoms with Crippen LogP contribution in [-0.4, -0.2) is 17.5 Å². The van der Waals surface area contributed by atoms with Crippen LogP contribution in [0.4, 0.5) is 5.69 Å². The zero-order chi connectivity index (χ0) is 23.0. The normalized spacial score (nSPS) is 11.1. The summed E-state index contributed by atoms with van der Waals surface area (Å²) in [6, 6.07) is 4.94. The van der Waals surface area contributed by atoms with Crippen LogP contribution in [0.2, 0.25) is 0 Å². The summed E-state index contributed by atoms with van der Waals surface area (Å²) in [6.45, 7) is 4.17. The Morgan fingerprint density at radius 3 is 2.03 bits per heavy atom. The predicted molar refractivity (Wildman–Crippen MR) is 130 cm³/mol. The van der Waals surface area contributed by atoms with Crippen LogP contribution >= 0.6 is 0 Å². The van der Waals surface area contributed by atoms with E-state index < -0.39 is 5.63 Å². The zero-order valence-electron chi connectivity index (χ0n) is 19.9. The molecular weight excluding hydrogens is 404 g/mol. The number of rotatable bonds is 17. The number of hydrogen-bond donors (Lipinski definition) is 1. The number of nitrogens with one attached hydrogen (secondary N) is 1. The molecule has 0 saturated heterocycles. The van der Waals surface area contributed by atoms with Gasteiger partial charge in [-0.15, -0.1) is 0 Å². The second kappa shape index (κ2) is 15.4. The molecule has 0 saturated carbocycles. The molecule has 2 aromatic rings. The van der Waals surface area contributed by atoms with Gasteiger partial charge in [-0.05, 0) is 24.6 Å². The molecule has 178 valence electrons. The van der Waals surface area contributed by atoms with E-state index in [0.717, 1.165) is 12.8 Å². The van der Waals surface area contributed by atoms with E-state index in [1.54, 1.807) is 18.2 Å². The summed E-state index contributed by atoms with van der Waals surface area (Å²) in [7, 11) is 0. The third-order valence-corrected chi connectivity index (χ3v) is 5.65. The number of ether oxygens (including phenoxy) is 1. The van der Waals surface area contributed by atoms with Crippen LogP contribution in [0.5, 0.6) is 6.08 Å². The molecule has 6 nitrogen and oxygen atoms in total. The minimum Gasteiger partial charge on any atom is -0.450 e. The fourth-order valence-electron chi connectivity index (χ4n) is 3.85. The fraction of sp³-hybridized carbons (Fsp3) is 0.654. The highest BCUT2D eigenvalue weighted by Gasteiger charge is 2.09. The molecule has 1 amide bonds. The summed E-state index contributed by atoms with van der Waals surface area (Å²) >= 11 is 0. The Hall–Kier alpha value is -2.37. The van der Waals surface area contributed by atoms with Gasteiger partial charge in [0, 0.05) is 12.6 Å². The van der Waals surface area contributed by atoms with Gasteiger partial charge in [-0.2, -0.15) is 4.98 Å². The number of hydrogen-bond acceptors (Lipinski definition) is 5. The Labute approximate surface area is 192 Å². The van der Waals surface area contributed by atoms with Crippen molar-refractivity contribution in [2.75, 3.05) is 11.9 Å². The molecule has 6 heteroatoms. The summed E-state index contributed by atoms with van der Waals surface area (Å²) in [5.41, 5.74) is 0.514. The number of carbonyl (C=O) groups is 1. The molecule has 1 aromatic carbocycles. The maximum atomic E-state index is 12.2. The lowest BCUT2D eigenvalue weighted by Gasteiger charge is -2.06. The number of nitrogens with zero attached hydrogens (tertiary/aromatic N) is 1. The minimum absolute atomic E-state index is 0.00414. The van der Waals surface area contributed by atoms with Gasteiger partial charge in [-0.3, -0.25) is 4.79 Å². The van der Waals surface area contributed by atoms with Gasteiger partial charge < -0.3 is 14.5 Å². The number of carbonyl (C=O) groups excluding carboxylic acids is 1. The Bertz CT molecular complexity index is 863. The van der Waals surface area contributed by atoms with E-state index in [2.05, 4.69) is 17.2 Å². The highest BCUT2D eigenvalue weighted by Crippen LogP contribution is 2.18. The number of aromatic nitrogens is 1. The second-order valence-electron chi connectivity index (χ2n) is 8.63. The number of benzene rings is 1. The van der Waals surface area contributed by atoms with E-state index in [-0.39, 0.29) is 12.0 Å². The number of anilines is 1. The molecule has 1 N–H and O–H groups in total. The molecule has 1 aromatic heterocycles. The maximum absolute atomic E-state index is 12.2. The van der Waals surface area contributed by atoms with E-state index >= 15 is 0 Å². The van der Waals surface area contributed by atoms with Crippen molar-refractivity contribution in [1.82, 2.24) is 4.98 Å². The van der Waals surface area contributed by atoms with Gasteiger partial charge in [0.1, 0.15) is 0 Å². The molecule has 0 aliphatic carbocycles. The smallest absolute Gasteiger partial charge is 0.397 e. The van der Waals surface area contributed by atoms with Gasteiger partial charge in [-0.25, -0.2) is 4.79 Å². The summed E-state index contributed by atoms with van der Waals surface area (Å²) in [5.74, 6) is -0.199. The summed E-state index contributed by atoms with van der Waals surface area (Å²) in [6.07, 6.45) is 18.3. The Morgan fingerprint density at radius 1 is 0.906 bits per heavy atom. The lowest BCUT2D eigenvalue weighted by Crippen LogP contribution is -2.09. The molecule has 0 aliphatic heterocycles. The first-order valence-corrected chi connectivity index (χ1v) is 12.5. The SMILES string of the molecule is CCCCCCCCCCCCCCCCOc1nc2ccc(NC(C)=O)cc2c(=O)o1. The van der Waals surface area contributed by atoms with Crippen molar-refractivity contribution in [2.24, 2.45) is 0 Å². The molecule has 1 heterocycles. The number of amides is 1. The monoisotopic (exact) mass is 444 g/mol. The van der Waals surface area contributed by atoms with Gasteiger partial charge in [0.05, 0.1) is 17.5 Å². The van der Waals surface area contributed by atoms with Crippen LogP contribution in [-0.2, 0) is 4.79 Å². The third-order valence-electron chi connectivity index (χ3n) is 5.65. The lowest BCUT2D eigenvalue weighted by molar-refractivity contribution is -0.114. The molecule has 0 unspecified atom stereocenters. The van der Waals surface area contributed by atoms with Crippen molar-refractivity contribution in [3.63, 3.8) is 0 Å². The highest BCUT2D eigenvalue weighted by molar-refractivity contribution is 5.91. The van der Waals surface area contributed by atoms with Gasteiger partial charge >= 0.3 is 11.7 Å². The molecule has 0 aliphatic rings. The number of fused-ring (bicyclic) bond motifs is 1. The van der Waals surface area contributed by atoms with E-state index in [9.17, 15) is 9.59 Å². The Kier molecular flexibility index (Phi) is 12.5. The van der Waals surface area contributed by atoms with Crippen LogP contribution in [0.1, 0.15) is 104 Å². The van der Waals surface area contributed by atoms with Crippen molar-refractivity contribution in [2.45, 2.75) is 104 Å². The van der Waals surface area contributed by atoms with Crippen molar-refractivity contribution >= 4 is 22.5 Å². The van der Waals surface area contributed by atoms with E-state index in [0.29, 0.717) is 23.2 Å². The van der Waals surface area contributed by atoms with Crippen LogP contribution in [0.3, 0.4) is 0 Å². The molecule has 0 bridgehead atoms. The molecule has 0 fully saturated rings. The highest BCUT2D eigenvalue weighted by atomic mass is 16.6. The standard InChI is InChI=1S/C26H40N2O4/c1-3-4-5-6-7-8-9-10-11-12-13-14-15-16-19-31-26-28-24-18-17-22(27-21(2)29)20-23(24)25(30)32-26/h17-18,20H,3-16,19H2,1-2H3,(H,27,29). The summed E-state index contributed by atoms with van der Waals surface area (Å²) in [4.78, 5) is 27.6. The fourth-order valence-corrected chi connectivity index (χ4v) is 3.85. The number of unbranched alkanes of at least 4 members (excludes halogenated alkanes) is 13. The molecule has 0 spiro atoms. The average Bonchev–Trinajstić information content (AvgIpc) is 2.76.